The number of Topliss-reactive ketones (excluding diaryl/α,β-unsaturated/α-hetero) is 1. The van der Waals surface area contributed by atoms with Gasteiger partial charge in [0, 0.05) is 16.9 Å². The Bertz CT molecular complexity index is 610. The highest BCUT2D eigenvalue weighted by Crippen LogP contribution is 2.19. The number of thioether (sulfide) groups is 1. The van der Waals surface area contributed by atoms with Crippen molar-refractivity contribution in [3.63, 3.8) is 0 Å². The summed E-state index contributed by atoms with van der Waals surface area (Å²) in [5, 5.41) is -0.0137. The molecule has 0 unspecified atom stereocenters. The monoisotopic (exact) mass is 308 g/mol. The number of carbonyl (C=O) groups excluding carboxylic acids is 1. The van der Waals surface area contributed by atoms with Crippen molar-refractivity contribution in [3.8, 4) is 0 Å². The molecule has 0 heterocycles. The second-order valence-corrected chi connectivity index (χ2v) is 5.69. The molecule has 0 aliphatic heterocycles. The summed E-state index contributed by atoms with van der Waals surface area (Å²) in [6.07, 6.45) is 3.08. The Labute approximate surface area is 127 Å². The molecular weight excluding hydrogens is 295 g/mol. The lowest BCUT2D eigenvalue weighted by molar-refractivity contribution is 0.0983. The van der Waals surface area contributed by atoms with Crippen LogP contribution in [0, 0.1) is 5.82 Å². The fourth-order valence-electron chi connectivity index (χ4n) is 1.86. The molecule has 4 heteroatoms. The van der Waals surface area contributed by atoms with Crippen LogP contribution in [0.3, 0.4) is 0 Å². The van der Waals surface area contributed by atoms with Crippen LogP contribution in [0.4, 0.5) is 4.39 Å². The molecule has 2 aromatic rings. The highest BCUT2D eigenvalue weighted by atomic mass is 35.5. The second-order valence-electron chi connectivity index (χ2n) is 4.40. The van der Waals surface area contributed by atoms with Crippen LogP contribution in [-0.4, -0.2) is 12.0 Å². The molecule has 0 N–H and O–H groups in total. The molecule has 0 bridgehead atoms. The smallest absolute Gasteiger partial charge is 0.163 e. The van der Waals surface area contributed by atoms with Gasteiger partial charge in [-0.3, -0.25) is 4.79 Å². The van der Waals surface area contributed by atoms with E-state index in [0.29, 0.717) is 18.4 Å². The maximum absolute atomic E-state index is 13.0. The summed E-state index contributed by atoms with van der Waals surface area (Å²) in [6, 6.07) is 12.2. The lowest BCUT2D eigenvalue weighted by Gasteiger charge is -2.04. The molecule has 0 aromatic heterocycles. The minimum Gasteiger partial charge on any atom is -0.294 e. The summed E-state index contributed by atoms with van der Waals surface area (Å²) < 4.78 is 13.0. The van der Waals surface area contributed by atoms with Crippen LogP contribution in [0.1, 0.15) is 22.3 Å². The number of benzene rings is 2. The Morgan fingerprint density at radius 3 is 2.50 bits per heavy atom. The molecule has 0 atom stereocenters. The molecule has 0 saturated heterocycles. The van der Waals surface area contributed by atoms with Gasteiger partial charge < -0.3 is 0 Å². The maximum atomic E-state index is 13.0. The van der Waals surface area contributed by atoms with Crippen LogP contribution < -0.4 is 0 Å². The first-order valence-electron chi connectivity index (χ1n) is 6.21. The van der Waals surface area contributed by atoms with Gasteiger partial charge in [-0.2, -0.15) is 0 Å². The molecular formula is C16H14ClFOS. The van der Waals surface area contributed by atoms with Gasteiger partial charge in [-0.05, 0) is 48.6 Å². The van der Waals surface area contributed by atoms with Gasteiger partial charge in [0.25, 0.3) is 0 Å². The zero-order valence-electron chi connectivity index (χ0n) is 11.0. The third-order valence-corrected chi connectivity index (χ3v) is 4.07. The van der Waals surface area contributed by atoms with Crippen LogP contribution in [0.5, 0.6) is 0 Å². The molecule has 0 spiro atoms. The standard InChI is InChI=1S/C16H14ClFOS/c1-20-13-6-2-11(3-7-13)4-9-16(19)12-5-8-15(18)14(17)10-12/h2-3,5-8,10H,4,9H2,1H3. The molecule has 0 amide bonds. The van der Waals surface area contributed by atoms with E-state index >= 15 is 0 Å². The molecule has 0 saturated carbocycles. The van der Waals surface area contributed by atoms with Gasteiger partial charge in [0.15, 0.2) is 5.78 Å². The number of halogens is 2. The van der Waals surface area contributed by atoms with Crippen molar-refractivity contribution in [2.24, 2.45) is 0 Å². The van der Waals surface area contributed by atoms with E-state index in [2.05, 4.69) is 0 Å². The van der Waals surface area contributed by atoms with Gasteiger partial charge in [0.1, 0.15) is 5.82 Å². The normalized spacial score (nSPS) is 10.6. The zero-order valence-corrected chi connectivity index (χ0v) is 12.6. The van der Waals surface area contributed by atoms with Crippen LogP contribution in [-0.2, 0) is 6.42 Å². The second kappa shape index (κ2) is 6.91. The van der Waals surface area contributed by atoms with E-state index < -0.39 is 5.82 Å². The first-order chi connectivity index (χ1) is 9.60. The van der Waals surface area contributed by atoms with E-state index in [0.717, 1.165) is 5.56 Å². The highest BCUT2D eigenvalue weighted by Gasteiger charge is 2.09. The van der Waals surface area contributed by atoms with E-state index in [4.69, 9.17) is 11.6 Å². The number of aryl methyl sites for hydroxylation is 1. The van der Waals surface area contributed by atoms with E-state index in [1.807, 2.05) is 30.5 Å². The predicted octanol–water partition coefficient (Wildman–Crippen LogP) is 5.02. The first-order valence-corrected chi connectivity index (χ1v) is 7.81. The van der Waals surface area contributed by atoms with E-state index in [1.54, 1.807) is 11.8 Å². The number of hydrogen-bond donors (Lipinski definition) is 0. The highest BCUT2D eigenvalue weighted by molar-refractivity contribution is 7.98. The first kappa shape index (κ1) is 15.1. The molecule has 104 valence electrons. The number of carbonyl (C=O) groups is 1. The van der Waals surface area contributed by atoms with Crippen molar-refractivity contribution in [2.45, 2.75) is 17.7 Å². The van der Waals surface area contributed by atoms with Gasteiger partial charge in [0.05, 0.1) is 5.02 Å². The largest absolute Gasteiger partial charge is 0.294 e. The molecule has 2 rings (SSSR count). The Morgan fingerprint density at radius 1 is 1.20 bits per heavy atom. The fraction of sp³-hybridized carbons (Fsp3) is 0.188. The summed E-state index contributed by atoms with van der Waals surface area (Å²) in [5.74, 6) is -0.531. The summed E-state index contributed by atoms with van der Waals surface area (Å²) in [4.78, 5) is 13.2. The van der Waals surface area contributed by atoms with Crippen LogP contribution in [0.2, 0.25) is 5.02 Å². The van der Waals surface area contributed by atoms with Crippen molar-refractivity contribution >= 4 is 29.1 Å². The minimum absolute atomic E-state index is 0.0137. The Kier molecular flexibility index (Phi) is 5.21. The van der Waals surface area contributed by atoms with Gasteiger partial charge in [-0.1, -0.05) is 23.7 Å². The van der Waals surface area contributed by atoms with Crippen LogP contribution >= 0.6 is 23.4 Å². The van der Waals surface area contributed by atoms with Crippen molar-refractivity contribution in [2.75, 3.05) is 6.26 Å². The van der Waals surface area contributed by atoms with E-state index in [1.165, 1.54) is 23.1 Å². The molecule has 0 fully saturated rings. The van der Waals surface area contributed by atoms with Crippen LogP contribution in [0.25, 0.3) is 0 Å². The van der Waals surface area contributed by atoms with Crippen molar-refractivity contribution in [1.29, 1.82) is 0 Å². The maximum Gasteiger partial charge on any atom is 0.163 e. The Balaban J connectivity index is 1.98. The van der Waals surface area contributed by atoms with Gasteiger partial charge in [0.2, 0.25) is 0 Å². The SMILES string of the molecule is CSc1ccc(CCC(=O)c2ccc(F)c(Cl)c2)cc1. The lowest BCUT2D eigenvalue weighted by Crippen LogP contribution is -2.01. The molecule has 0 aliphatic carbocycles. The third kappa shape index (κ3) is 3.84. The molecule has 1 nitrogen and oxygen atoms in total. The van der Waals surface area contributed by atoms with Crippen molar-refractivity contribution in [3.05, 3.63) is 64.4 Å². The predicted molar refractivity (Wildman–Crippen MR) is 82.3 cm³/mol. The number of ketones is 1. The zero-order chi connectivity index (χ0) is 14.5. The molecule has 2 aromatic carbocycles. The van der Waals surface area contributed by atoms with E-state index in [-0.39, 0.29) is 10.8 Å². The summed E-state index contributed by atoms with van der Waals surface area (Å²) in [6.45, 7) is 0. The molecule has 20 heavy (non-hydrogen) atoms. The minimum atomic E-state index is -0.504. The number of rotatable bonds is 5. The lowest BCUT2D eigenvalue weighted by atomic mass is 10.0. The topological polar surface area (TPSA) is 17.1 Å². The molecule has 0 radical (unpaired) electrons. The summed E-state index contributed by atoms with van der Waals surface area (Å²) in [7, 11) is 0. The summed E-state index contributed by atoms with van der Waals surface area (Å²) >= 11 is 7.36. The number of hydrogen-bond acceptors (Lipinski definition) is 2. The average molecular weight is 309 g/mol. The van der Waals surface area contributed by atoms with Crippen LogP contribution in [0.15, 0.2) is 47.4 Å². The van der Waals surface area contributed by atoms with Crippen molar-refractivity contribution in [1.82, 2.24) is 0 Å². The van der Waals surface area contributed by atoms with Gasteiger partial charge >= 0.3 is 0 Å². The molecule has 0 aliphatic rings. The van der Waals surface area contributed by atoms with Crippen molar-refractivity contribution < 1.29 is 9.18 Å². The van der Waals surface area contributed by atoms with Gasteiger partial charge in [-0.15, -0.1) is 11.8 Å². The Morgan fingerprint density at radius 2 is 1.90 bits per heavy atom. The fourth-order valence-corrected chi connectivity index (χ4v) is 2.45. The van der Waals surface area contributed by atoms with E-state index in [9.17, 15) is 9.18 Å². The quantitative estimate of drug-likeness (QED) is 0.570. The average Bonchev–Trinajstić information content (AvgIpc) is 2.48. The Hall–Kier alpha value is -1.32. The van der Waals surface area contributed by atoms with Gasteiger partial charge in [-0.25, -0.2) is 4.39 Å². The third-order valence-electron chi connectivity index (χ3n) is 3.04. The summed E-state index contributed by atoms with van der Waals surface area (Å²) in [5.41, 5.74) is 1.57.